The number of amides is 1. The second kappa shape index (κ2) is 8.32. The summed E-state index contributed by atoms with van der Waals surface area (Å²) in [6.45, 7) is 5.39. The molecule has 166 valence electrons. The van der Waals surface area contributed by atoms with Gasteiger partial charge in [-0.2, -0.15) is 5.10 Å². The summed E-state index contributed by atoms with van der Waals surface area (Å²) in [5, 5.41) is 8.17. The highest BCUT2D eigenvalue weighted by Gasteiger charge is 2.32. The van der Waals surface area contributed by atoms with Gasteiger partial charge in [-0.1, -0.05) is 31.9 Å². The van der Waals surface area contributed by atoms with Crippen LogP contribution in [0.25, 0.3) is 11.1 Å². The lowest BCUT2D eigenvalue weighted by Crippen LogP contribution is -2.27. The number of carbonyl (C=O) groups is 1. The third-order valence-electron chi connectivity index (χ3n) is 6.79. The molecular formula is C25H28ClN5O. The number of hydrogen-bond donors (Lipinski definition) is 1. The van der Waals surface area contributed by atoms with Crippen LogP contribution in [0, 0.1) is 11.3 Å². The van der Waals surface area contributed by atoms with Gasteiger partial charge in [-0.05, 0) is 60.8 Å². The van der Waals surface area contributed by atoms with E-state index < -0.39 is 0 Å². The summed E-state index contributed by atoms with van der Waals surface area (Å²) in [4.78, 5) is 21.6. The van der Waals surface area contributed by atoms with Crippen LogP contribution in [-0.4, -0.2) is 25.7 Å². The van der Waals surface area contributed by atoms with Crippen LogP contribution >= 0.6 is 11.6 Å². The van der Waals surface area contributed by atoms with Crippen LogP contribution in [0.4, 0.5) is 5.82 Å². The van der Waals surface area contributed by atoms with Crippen LogP contribution in [0.1, 0.15) is 56.7 Å². The number of halogens is 1. The van der Waals surface area contributed by atoms with E-state index in [0.717, 1.165) is 49.8 Å². The first-order chi connectivity index (χ1) is 15.4. The number of nitrogens with one attached hydrogen (secondary N) is 1. The summed E-state index contributed by atoms with van der Waals surface area (Å²) in [5.74, 6) is 0.946. The van der Waals surface area contributed by atoms with Crippen LogP contribution in [-0.2, 0) is 17.8 Å². The SMILES string of the molecule is CC1(C)Cc2c(-c3cc(NC(=O)C4CCCC(c5ccncc5)C4)ncc3Cl)cnn2C1. The minimum Gasteiger partial charge on any atom is -0.310 e. The predicted molar refractivity (Wildman–Crippen MR) is 126 cm³/mol. The number of rotatable bonds is 4. The fourth-order valence-electron chi connectivity index (χ4n) is 5.18. The van der Waals surface area contributed by atoms with Crippen LogP contribution < -0.4 is 5.32 Å². The van der Waals surface area contributed by atoms with E-state index in [0.29, 0.717) is 16.8 Å². The molecule has 0 spiro atoms. The Morgan fingerprint density at radius 1 is 1.19 bits per heavy atom. The lowest BCUT2D eigenvalue weighted by atomic mass is 9.78. The zero-order chi connectivity index (χ0) is 22.3. The van der Waals surface area contributed by atoms with Crippen LogP contribution in [0.3, 0.4) is 0 Å². The van der Waals surface area contributed by atoms with Gasteiger partial charge in [0.2, 0.25) is 5.91 Å². The second-order valence-corrected chi connectivity index (χ2v) is 10.3. The minimum absolute atomic E-state index is 0.0240. The maximum Gasteiger partial charge on any atom is 0.228 e. The third-order valence-corrected chi connectivity index (χ3v) is 7.09. The van der Waals surface area contributed by atoms with Crippen molar-refractivity contribution in [2.24, 2.45) is 11.3 Å². The van der Waals surface area contributed by atoms with E-state index >= 15 is 0 Å². The van der Waals surface area contributed by atoms with E-state index in [4.69, 9.17) is 11.6 Å². The van der Waals surface area contributed by atoms with Gasteiger partial charge < -0.3 is 5.32 Å². The number of carbonyl (C=O) groups excluding carboxylic acids is 1. The first-order valence-corrected chi connectivity index (χ1v) is 11.7. The molecule has 1 N–H and O–H groups in total. The second-order valence-electron chi connectivity index (χ2n) is 9.88. The Bertz CT molecular complexity index is 1140. The maximum absolute atomic E-state index is 13.1. The Kier molecular flexibility index (Phi) is 5.49. The lowest BCUT2D eigenvalue weighted by molar-refractivity contribution is -0.120. The van der Waals surface area contributed by atoms with E-state index in [-0.39, 0.29) is 17.2 Å². The Morgan fingerprint density at radius 3 is 2.81 bits per heavy atom. The van der Waals surface area contributed by atoms with E-state index in [1.165, 1.54) is 11.3 Å². The highest BCUT2D eigenvalue weighted by Crippen LogP contribution is 2.40. The molecule has 1 saturated carbocycles. The molecule has 0 aromatic carbocycles. The Morgan fingerprint density at radius 2 is 2.00 bits per heavy atom. The topological polar surface area (TPSA) is 72.7 Å². The summed E-state index contributed by atoms with van der Waals surface area (Å²) in [6, 6.07) is 6.00. The monoisotopic (exact) mass is 449 g/mol. The van der Waals surface area contributed by atoms with E-state index in [9.17, 15) is 4.79 Å². The van der Waals surface area contributed by atoms with Crippen LogP contribution in [0.2, 0.25) is 5.02 Å². The zero-order valence-corrected chi connectivity index (χ0v) is 19.3. The summed E-state index contributed by atoms with van der Waals surface area (Å²) < 4.78 is 2.06. The van der Waals surface area contributed by atoms with Crippen molar-refractivity contribution >= 4 is 23.3 Å². The van der Waals surface area contributed by atoms with Gasteiger partial charge in [0.05, 0.1) is 11.2 Å². The van der Waals surface area contributed by atoms with Gasteiger partial charge in [-0.3, -0.25) is 14.5 Å². The molecule has 32 heavy (non-hydrogen) atoms. The molecule has 2 aliphatic rings. The maximum atomic E-state index is 13.1. The predicted octanol–water partition coefficient (Wildman–Crippen LogP) is 5.49. The van der Waals surface area contributed by atoms with Gasteiger partial charge >= 0.3 is 0 Å². The van der Waals surface area contributed by atoms with E-state index in [1.54, 1.807) is 6.20 Å². The number of hydrogen-bond acceptors (Lipinski definition) is 4. The number of nitrogens with zero attached hydrogens (tertiary/aromatic N) is 4. The zero-order valence-electron chi connectivity index (χ0n) is 18.5. The number of aromatic nitrogens is 4. The first-order valence-electron chi connectivity index (χ1n) is 11.3. The molecule has 2 unspecified atom stereocenters. The van der Waals surface area contributed by atoms with Crippen molar-refractivity contribution in [1.29, 1.82) is 0 Å². The fourth-order valence-corrected chi connectivity index (χ4v) is 5.39. The van der Waals surface area contributed by atoms with Gasteiger partial charge in [-0.25, -0.2) is 4.98 Å². The quantitative estimate of drug-likeness (QED) is 0.571. The summed E-state index contributed by atoms with van der Waals surface area (Å²) in [6.07, 6.45) is 12.0. The molecule has 0 saturated heterocycles. The molecule has 6 nitrogen and oxygen atoms in total. The van der Waals surface area contributed by atoms with Crippen molar-refractivity contribution in [3.05, 3.63) is 59.3 Å². The number of pyridine rings is 2. The van der Waals surface area contributed by atoms with Crippen molar-refractivity contribution in [2.45, 2.75) is 58.4 Å². The van der Waals surface area contributed by atoms with Crippen molar-refractivity contribution in [3.8, 4) is 11.1 Å². The summed E-state index contributed by atoms with van der Waals surface area (Å²) in [7, 11) is 0. The fraction of sp³-hybridized carbons (Fsp3) is 0.440. The normalized spacial score (nSPS) is 21.8. The van der Waals surface area contributed by atoms with Crippen molar-refractivity contribution in [2.75, 3.05) is 5.32 Å². The largest absolute Gasteiger partial charge is 0.310 e. The highest BCUT2D eigenvalue weighted by atomic mass is 35.5. The standard InChI is InChI=1S/C25H28ClN5O/c1-25(2)12-22-20(13-29-31(22)15-25)19-11-23(28-14-21(19)26)30-24(32)18-5-3-4-17(10-18)16-6-8-27-9-7-16/h6-9,11,13-14,17-18H,3-5,10,12,15H2,1-2H3,(H,28,30,32). The van der Waals surface area contributed by atoms with E-state index in [2.05, 4.69) is 51.0 Å². The summed E-state index contributed by atoms with van der Waals surface area (Å²) in [5.41, 5.74) is 4.53. The van der Waals surface area contributed by atoms with Crippen molar-refractivity contribution < 1.29 is 4.79 Å². The number of anilines is 1. The van der Waals surface area contributed by atoms with Gasteiger partial charge in [0, 0.05) is 47.9 Å². The molecule has 1 aliphatic carbocycles. The molecule has 2 atom stereocenters. The Labute approximate surface area is 193 Å². The molecule has 7 heteroatoms. The van der Waals surface area contributed by atoms with Gasteiger partial charge in [0.25, 0.3) is 0 Å². The highest BCUT2D eigenvalue weighted by molar-refractivity contribution is 6.33. The van der Waals surface area contributed by atoms with Crippen LogP contribution in [0.5, 0.6) is 0 Å². The molecule has 1 amide bonds. The van der Waals surface area contributed by atoms with Crippen LogP contribution in [0.15, 0.2) is 43.0 Å². The third kappa shape index (κ3) is 4.16. The number of fused-ring (bicyclic) bond motifs is 1. The molecule has 3 aromatic heterocycles. The summed E-state index contributed by atoms with van der Waals surface area (Å²) >= 11 is 6.52. The molecule has 1 fully saturated rings. The average Bonchev–Trinajstić information content (AvgIpc) is 3.30. The van der Waals surface area contributed by atoms with Crippen molar-refractivity contribution in [3.63, 3.8) is 0 Å². The average molecular weight is 450 g/mol. The minimum atomic E-state index is -0.0240. The Balaban J connectivity index is 1.33. The molecule has 3 aromatic rings. The molecule has 0 bridgehead atoms. The molecule has 5 rings (SSSR count). The Hall–Kier alpha value is -2.73. The van der Waals surface area contributed by atoms with Crippen molar-refractivity contribution in [1.82, 2.24) is 19.7 Å². The lowest BCUT2D eigenvalue weighted by Gasteiger charge is -2.28. The molecule has 4 heterocycles. The van der Waals surface area contributed by atoms with E-state index in [1.807, 2.05) is 24.7 Å². The molecule has 0 radical (unpaired) electrons. The van der Waals surface area contributed by atoms with Gasteiger partial charge in [0.15, 0.2) is 0 Å². The van der Waals surface area contributed by atoms with Gasteiger partial charge in [-0.15, -0.1) is 0 Å². The first kappa shape index (κ1) is 21.1. The molecular weight excluding hydrogens is 422 g/mol. The molecule has 1 aliphatic heterocycles. The van der Waals surface area contributed by atoms with Gasteiger partial charge in [0.1, 0.15) is 5.82 Å². The smallest absolute Gasteiger partial charge is 0.228 e.